The Balaban J connectivity index is 1.61. The van der Waals surface area contributed by atoms with Crippen molar-refractivity contribution in [1.29, 1.82) is 0 Å². The van der Waals surface area contributed by atoms with Crippen molar-refractivity contribution in [1.82, 2.24) is 15.0 Å². The number of benzene rings is 3. The van der Waals surface area contributed by atoms with Crippen LogP contribution in [0.4, 0.5) is 35.1 Å². The number of hydrogen-bond donors (Lipinski definition) is 2. The summed E-state index contributed by atoms with van der Waals surface area (Å²) in [7, 11) is 0. The summed E-state index contributed by atoms with van der Waals surface area (Å²) in [5.41, 5.74) is 3.50. The SMILES string of the molecule is Fc1cccc(Cl)c1-c1nc(NN=Cc2ccc(OC(F)(F)F)cc2)nc(Nc2ccccc2Cl)n1. The molecule has 3 aromatic carbocycles. The zero-order chi connectivity index (χ0) is 25.7. The Bertz CT molecular complexity index is 1380. The third-order valence-electron chi connectivity index (χ3n) is 4.43. The zero-order valence-electron chi connectivity index (χ0n) is 17.9. The second-order valence-electron chi connectivity index (χ2n) is 6.99. The molecule has 0 saturated heterocycles. The lowest BCUT2D eigenvalue weighted by atomic mass is 10.2. The highest BCUT2D eigenvalue weighted by Gasteiger charge is 2.30. The van der Waals surface area contributed by atoms with E-state index in [2.05, 4.69) is 35.5 Å². The molecule has 1 heterocycles. The van der Waals surface area contributed by atoms with Crippen LogP contribution in [0.3, 0.4) is 0 Å². The van der Waals surface area contributed by atoms with Gasteiger partial charge < -0.3 is 10.1 Å². The van der Waals surface area contributed by atoms with E-state index >= 15 is 0 Å². The first-order chi connectivity index (χ1) is 17.2. The van der Waals surface area contributed by atoms with Gasteiger partial charge in [-0.05, 0) is 54.1 Å². The van der Waals surface area contributed by atoms with E-state index in [4.69, 9.17) is 23.2 Å². The topological polar surface area (TPSA) is 84.3 Å². The third kappa shape index (κ3) is 6.58. The van der Waals surface area contributed by atoms with Crippen LogP contribution in [0.25, 0.3) is 11.4 Å². The van der Waals surface area contributed by atoms with Gasteiger partial charge in [0.15, 0.2) is 5.82 Å². The van der Waals surface area contributed by atoms with Gasteiger partial charge in [-0.25, -0.2) is 9.82 Å². The van der Waals surface area contributed by atoms with Gasteiger partial charge in [0, 0.05) is 0 Å². The van der Waals surface area contributed by atoms with Crippen molar-refractivity contribution in [2.24, 2.45) is 5.10 Å². The molecule has 2 N–H and O–H groups in total. The van der Waals surface area contributed by atoms with Crippen LogP contribution in [0.2, 0.25) is 10.0 Å². The van der Waals surface area contributed by atoms with Gasteiger partial charge in [-0.3, -0.25) is 0 Å². The van der Waals surface area contributed by atoms with Crippen LogP contribution in [0.5, 0.6) is 5.75 Å². The van der Waals surface area contributed by atoms with Gasteiger partial charge in [0.1, 0.15) is 11.6 Å². The highest BCUT2D eigenvalue weighted by molar-refractivity contribution is 6.33. The number of nitrogens with one attached hydrogen (secondary N) is 2. The lowest BCUT2D eigenvalue weighted by Gasteiger charge is -2.11. The highest BCUT2D eigenvalue weighted by Crippen LogP contribution is 2.30. The Morgan fingerprint density at radius 1 is 0.833 bits per heavy atom. The summed E-state index contributed by atoms with van der Waals surface area (Å²) in [5, 5.41) is 7.41. The first kappa shape index (κ1) is 25.1. The third-order valence-corrected chi connectivity index (χ3v) is 5.08. The Hall–Kier alpha value is -3.96. The molecular formula is C23H14Cl2F4N6O. The fourth-order valence-electron chi connectivity index (χ4n) is 2.91. The summed E-state index contributed by atoms with van der Waals surface area (Å²) in [6, 6.07) is 16.0. The summed E-state index contributed by atoms with van der Waals surface area (Å²) in [6.07, 6.45) is -3.47. The average Bonchev–Trinajstić information content (AvgIpc) is 2.81. The number of alkyl halides is 3. The van der Waals surface area contributed by atoms with E-state index < -0.39 is 12.2 Å². The molecule has 0 fully saturated rings. The number of hydrogen-bond acceptors (Lipinski definition) is 7. The minimum atomic E-state index is -4.79. The molecule has 4 aromatic rings. The number of halogens is 6. The molecule has 0 aliphatic heterocycles. The van der Waals surface area contributed by atoms with Gasteiger partial charge in [-0.15, -0.1) is 13.2 Å². The maximum absolute atomic E-state index is 14.5. The highest BCUT2D eigenvalue weighted by atomic mass is 35.5. The molecule has 0 unspecified atom stereocenters. The second-order valence-corrected chi connectivity index (χ2v) is 7.81. The van der Waals surface area contributed by atoms with E-state index in [0.717, 1.165) is 12.1 Å². The molecule has 0 bridgehead atoms. The van der Waals surface area contributed by atoms with Gasteiger partial charge in [0.2, 0.25) is 11.9 Å². The van der Waals surface area contributed by atoms with E-state index in [0.29, 0.717) is 16.3 Å². The quantitative estimate of drug-likeness (QED) is 0.149. The second kappa shape index (κ2) is 10.8. The molecule has 13 heteroatoms. The fourth-order valence-corrected chi connectivity index (χ4v) is 3.34. The van der Waals surface area contributed by atoms with Crippen LogP contribution < -0.4 is 15.5 Å². The van der Waals surface area contributed by atoms with Gasteiger partial charge in [0.25, 0.3) is 0 Å². The Kier molecular flexibility index (Phi) is 7.51. The molecule has 0 atom stereocenters. The summed E-state index contributed by atoms with van der Waals surface area (Å²) in [4.78, 5) is 12.7. The molecule has 0 aliphatic rings. The van der Waals surface area contributed by atoms with E-state index in [1.54, 1.807) is 24.3 Å². The minimum Gasteiger partial charge on any atom is -0.406 e. The Morgan fingerprint density at radius 2 is 1.53 bits per heavy atom. The average molecular weight is 537 g/mol. The molecular weight excluding hydrogens is 523 g/mol. The van der Waals surface area contributed by atoms with Crippen LogP contribution in [0.15, 0.2) is 71.8 Å². The lowest BCUT2D eigenvalue weighted by molar-refractivity contribution is -0.274. The molecule has 4 rings (SSSR count). The molecule has 0 aliphatic carbocycles. The summed E-state index contributed by atoms with van der Waals surface area (Å²) < 4.78 is 55.3. The van der Waals surface area contributed by atoms with E-state index in [1.807, 2.05) is 0 Å². The van der Waals surface area contributed by atoms with Crippen molar-refractivity contribution in [2.45, 2.75) is 6.36 Å². The van der Waals surface area contributed by atoms with E-state index in [1.165, 1.54) is 36.5 Å². The van der Waals surface area contributed by atoms with E-state index in [9.17, 15) is 17.6 Å². The number of rotatable bonds is 7. The molecule has 0 saturated carbocycles. The van der Waals surface area contributed by atoms with Crippen molar-refractivity contribution in [3.05, 3.63) is 88.2 Å². The summed E-state index contributed by atoms with van der Waals surface area (Å²) in [5.74, 6) is -1.13. The van der Waals surface area contributed by atoms with Crippen molar-refractivity contribution in [2.75, 3.05) is 10.7 Å². The maximum atomic E-state index is 14.5. The number of anilines is 3. The molecule has 0 spiro atoms. The van der Waals surface area contributed by atoms with Gasteiger partial charge >= 0.3 is 6.36 Å². The largest absolute Gasteiger partial charge is 0.573 e. The van der Waals surface area contributed by atoms with Crippen molar-refractivity contribution in [3.8, 4) is 17.1 Å². The maximum Gasteiger partial charge on any atom is 0.573 e. The number of para-hydroxylation sites is 1. The number of nitrogens with zero attached hydrogens (tertiary/aromatic N) is 4. The van der Waals surface area contributed by atoms with Gasteiger partial charge in [-0.2, -0.15) is 20.1 Å². The van der Waals surface area contributed by atoms with Crippen LogP contribution >= 0.6 is 23.2 Å². The molecule has 36 heavy (non-hydrogen) atoms. The van der Waals surface area contributed by atoms with Crippen molar-refractivity contribution < 1.29 is 22.3 Å². The first-order valence-corrected chi connectivity index (χ1v) is 10.8. The predicted octanol–water partition coefficient (Wildman–Crippen LogP) is 7.07. The van der Waals surface area contributed by atoms with Crippen LogP contribution in [-0.4, -0.2) is 27.5 Å². The lowest BCUT2D eigenvalue weighted by Crippen LogP contribution is -2.17. The standard InChI is InChI=1S/C23H14Cl2F4N6O/c24-15-4-1-2-7-18(15)31-21-32-20(19-16(25)5-3-6-17(19)26)33-22(34-21)35-30-12-13-8-10-14(11-9-13)36-23(27,28)29/h1-12H,(H2,31,32,33,34,35). The van der Waals surface area contributed by atoms with E-state index in [-0.39, 0.29) is 34.1 Å². The smallest absolute Gasteiger partial charge is 0.406 e. The fraction of sp³-hybridized carbons (Fsp3) is 0.0435. The Morgan fingerprint density at radius 3 is 2.22 bits per heavy atom. The number of hydrazone groups is 1. The predicted molar refractivity (Wildman–Crippen MR) is 129 cm³/mol. The van der Waals surface area contributed by atoms with Crippen molar-refractivity contribution >= 4 is 47.0 Å². The Labute approximate surface area is 211 Å². The monoisotopic (exact) mass is 536 g/mol. The van der Waals surface area contributed by atoms with Crippen LogP contribution in [0, 0.1) is 5.82 Å². The molecule has 1 aromatic heterocycles. The minimum absolute atomic E-state index is 0.0266. The normalized spacial score (nSPS) is 11.5. The summed E-state index contributed by atoms with van der Waals surface area (Å²) in [6.45, 7) is 0. The molecule has 184 valence electrons. The van der Waals surface area contributed by atoms with Crippen LogP contribution in [0.1, 0.15) is 5.56 Å². The molecule has 0 amide bonds. The summed E-state index contributed by atoms with van der Waals surface area (Å²) >= 11 is 12.4. The van der Waals surface area contributed by atoms with Gasteiger partial charge in [0.05, 0.1) is 27.5 Å². The zero-order valence-corrected chi connectivity index (χ0v) is 19.4. The number of aromatic nitrogens is 3. The first-order valence-electron chi connectivity index (χ1n) is 10.0. The van der Waals surface area contributed by atoms with Crippen molar-refractivity contribution in [3.63, 3.8) is 0 Å². The molecule has 0 radical (unpaired) electrons. The van der Waals surface area contributed by atoms with Crippen LogP contribution in [-0.2, 0) is 0 Å². The van der Waals surface area contributed by atoms with Gasteiger partial charge in [-0.1, -0.05) is 41.4 Å². The molecule has 7 nitrogen and oxygen atoms in total. The number of ether oxygens (including phenoxy) is 1.